The van der Waals surface area contributed by atoms with Crippen LogP contribution in [0.5, 0.6) is 5.75 Å². The smallest absolute Gasteiger partial charge is 0.418 e. The van der Waals surface area contributed by atoms with Gasteiger partial charge in [-0.25, -0.2) is 0 Å². The number of ether oxygens (including phenoxy) is 2. The number of alkyl halides is 3. The molecule has 206 valence electrons. The quantitative estimate of drug-likeness (QED) is 0.211. The third kappa shape index (κ3) is 6.54. The van der Waals surface area contributed by atoms with Gasteiger partial charge in [-0.1, -0.05) is 41.8 Å². The topological polar surface area (TPSA) is 55.3 Å². The molecule has 0 saturated carbocycles. The molecule has 12 heteroatoms. The molecule has 1 unspecified atom stereocenters. The Labute approximate surface area is 234 Å². The maximum Gasteiger partial charge on any atom is 0.418 e. The second-order valence-corrected chi connectivity index (χ2v) is 10.4. The molecule has 1 aliphatic heterocycles. The van der Waals surface area contributed by atoms with Gasteiger partial charge in [0.25, 0.3) is 0 Å². The first kappa shape index (κ1) is 28.9. The van der Waals surface area contributed by atoms with Crippen LogP contribution in [-0.2, 0) is 10.9 Å². The number of hydrogen-bond acceptors (Lipinski definition) is 5. The van der Waals surface area contributed by atoms with Crippen molar-refractivity contribution in [2.75, 3.05) is 40.0 Å². The van der Waals surface area contributed by atoms with Crippen molar-refractivity contribution in [1.29, 1.82) is 0 Å². The van der Waals surface area contributed by atoms with E-state index in [4.69, 9.17) is 44.9 Å². The van der Waals surface area contributed by atoms with Crippen molar-refractivity contribution >= 4 is 35.4 Å². The fourth-order valence-electron chi connectivity index (χ4n) is 4.73. The molecule has 1 atom stereocenters. The summed E-state index contributed by atoms with van der Waals surface area (Å²) in [7, 11) is 1.59. The highest BCUT2D eigenvalue weighted by Crippen LogP contribution is 2.41. The summed E-state index contributed by atoms with van der Waals surface area (Å²) < 4.78 is 54.6. The van der Waals surface area contributed by atoms with E-state index in [1.54, 1.807) is 7.11 Å². The third-order valence-corrected chi connectivity index (χ3v) is 7.75. The number of nitrogens with zero attached hydrogens (tertiary/aromatic N) is 3. The molecule has 1 N–H and O–H groups in total. The normalized spacial score (nSPS) is 15.6. The summed E-state index contributed by atoms with van der Waals surface area (Å²) >= 11 is 17.6. The standard InChI is InChI=1S/C26H29Cl2F3N4O2S/c1-16-6-7-17(13-23(16)36-2)18(5-3-4-8-34-9-11-37-12-10-34)24-32-33-25(38)35(24)22-15-21(28)20(27)14-19(22)26(29,30)31/h6-7,13-15,18H,3-5,8-12H2,1-2H3,(H,33,38). The Balaban J connectivity index is 1.75. The van der Waals surface area contributed by atoms with E-state index in [1.807, 2.05) is 25.1 Å². The van der Waals surface area contributed by atoms with Crippen LogP contribution in [-0.4, -0.2) is 59.6 Å². The summed E-state index contributed by atoms with van der Waals surface area (Å²) in [5.41, 5.74) is 0.643. The van der Waals surface area contributed by atoms with E-state index in [0.29, 0.717) is 18.0 Å². The molecule has 2 heterocycles. The van der Waals surface area contributed by atoms with Crippen LogP contribution in [0.1, 0.15) is 47.7 Å². The Morgan fingerprint density at radius 1 is 1.13 bits per heavy atom. The van der Waals surface area contributed by atoms with E-state index in [-0.39, 0.29) is 26.4 Å². The first-order chi connectivity index (χ1) is 18.1. The molecule has 0 bridgehead atoms. The van der Waals surface area contributed by atoms with Crippen molar-refractivity contribution in [2.45, 2.75) is 38.3 Å². The Bertz CT molecular complexity index is 1320. The van der Waals surface area contributed by atoms with Gasteiger partial charge in [0.1, 0.15) is 11.6 Å². The molecule has 6 nitrogen and oxygen atoms in total. The molecule has 2 aromatic carbocycles. The Morgan fingerprint density at radius 2 is 1.84 bits per heavy atom. The number of methoxy groups -OCH3 is 1. The minimum Gasteiger partial charge on any atom is -0.496 e. The number of benzene rings is 2. The number of aryl methyl sites for hydroxylation is 1. The molecule has 1 saturated heterocycles. The van der Waals surface area contributed by atoms with Gasteiger partial charge in [0.2, 0.25) is 0 Å². The summed E-state index contributed by atoms with van der Waals surface area (Å²) in [6.45, 7) is 6.11. The number of H-pyrrole nitrogens is 1. The van der Waals surface area contributed by atoms with Crippen LogP contribution in [0, 0.1) is 11.7 Å². The molecular formula is C26H29Cl2F3N4O2S. The largest absolute Gasteiger partial charge is 0.496 e. The van der Waals surface area contributed by atoms with Crippen LogP contribution in [0.3, 0.4) is 0 Å². The van der Waals surface area contributed by atoms with Crippen molar-refractivity contribution in [3.05, 3.63) is 67.7 Å². The summed E-state index contributed by atoms with van der Waals surface area (Å²) in [5, 5.41) is 6.92. The van der Waals surface area contributed by atoms with E-state index in [1.165, 1.54) is 10.6 Å². The number of hydrogen-bond donors (Lipinski definition) is 1. The summed E-state index contributed by atoms with van der Waals surface area (Å²) in [4.78, 5) is 2.36. The highest BCUT2D eigenvalue weighted by Gasteiger charge is 2.36. The van der Waals surface area contributed by atoms with E-state index in [0.717, 1.165) is 62.9 Å². The van der Waals surface area contributed by atoms with E-state index >= 15 is 0 Å². The molecule has 4 rings (SSSR count). The fraction of sp³-hybridized carbons (Fsp3) is 0.462. The van der Waals surface area contributed by atoms with Gasteiger partial charge in [-0.15, -0.1) is 0 Å². The van der Waals surface area contributed by atoms with Crippen LogP contribution in [0.4, 0.5) is 13.2 Å². The molecule has 1 fully saturated rings. The van der Waals surface area contributed by atoms with Crippen molar-refractivity contribution < 1.29 is 22.6 Å². The average molecular weight is 590 g/mol. The van der Waals surface area contributed by atoms with Gasteiger partial charge in [-0.2, -0.15) is 18.3 Å². The molecule has 0 radical (unpaired) electrons. The maximum atomic E-state index is 14.1. The molecule has 38 heavy (non-hydrogen) atoms. The highest BCUT2D eigenvalue weighted by molar-refractivity contribution is 7.71. The van der Waals surface area contributed by atoms with Crippen LogP contribution in [0.15, 0.2) is 30.3 Å². The lowest BCUT2D eigenvalue weighted by Crippen LogP contribution is -2.36. The lowest BCUT2D eigenvalue weighted by Gasteiger charge is -2.27. The summed E-state index contributed by atoms with van der Waals surface area (Å²) in [6, 6.07) is 7.80. The fourth-order valence-corrected chi connectivity index (χ4v) is 5.29. The van der Waals surface area contributed by atoms with E-state index < -0.39 is 11.7 Å². The molecule has 1 aliphatic rings. The lowest BCUT2D eigenvalue weighted by atomic mass is 9.91. The van der Waals surface area contributed by atoms with E-state index in [2.05, 4.69) is 15.1 Å². The number of halogens is 5. The molecular weight excluding hydrogens is 560 g/mol. The first-order valence-corrected chi connectivity index (χ1v) is 13.4. The zero-order valence-corrected chi connectivity index (χ0v) is 23.4. The van der Waals surface area contributed by atoms with Crippen molar-refractivity contribution in [3.63, 3.8) is 0 Å². The number of unbranched alkanes of at least 4 members (excludes halogenated alkanes) is 1. The number of aromatic amines is 1. The minimum absolute atomic E-state index is 0.0113. The van der Waals surface area contributed by atoms with Gasteiger partial charge in [0, 0.05) is 19.0 Å². The Morgan fingerprint density at radius 3 is 2.53 bits per heavy atom. The van der Waals surface area contributed by atoms with Gasteiger partial charge >= 0.3 is 6.18 Å². The van der Waals surface area contributed by atoms with Gasteiger partial charge in [-0.05, 0) is 67.9 Å². The maximum absolute atomic E-state index is 14.1. The van der Waals surface area contributed by atoms with Gasteiger partial charge < -0.3 is 9.47 Å². The van der Waals surface area contributed by atoms with Crippen molar-refractivity contribution in [1.82, 2.24) is 19.7 Å². The number of nitrogens with one attached hydrogen (secondary N) is 1. The average Bonchev–Trinajstić information content (AvgIpc) is 3.26. The predicted molar refractivity (Wildman–Crippen MR) is 144 cm³/mol. The summed E-state index contributed by atoms with van der Waals surface area (Å²) in [5.74, 6) is 0.681. The van der Waals surface area contributed by atoms with Crippen LogP contribution in [0.25, 0.3) is 5.69 Å². The SMILES string of the molecule is COc1cc(C(CCCCN2CCOCC2)c2n[nH]c(=S)n2-c2cc(Cl)c(Cl)cc2C(F)(F)F)ccc1C. The van der Waals surface area contributed by atoms with Crippen LogP contribution < -0.4 is 4.74 Å². The summed E-state index contributed by atoms with van der Waals surface area (Å²) in [6.07, 6.45) is -2.30. The van der Waals surface area contributed by atoms with Gasteiger partial charge in [-0.3, -0.25) is 14.6 Å². The number of morpholine rings is 1. The van der Waals surface area contributed by atoms with Crippen LogP contribution >= 0.6 is 35.4 Å². The zero-order chi connectivity index (χ0) is 27.4. The Hall–Kier alpha value is -2.11. The third-order valence-electron chi connectivity index (χ3n) is 6.75. The van der Waals surface area contributed by atoms with Crippen molar-refractivity contribution in [2.24, 2.45) is 0 Å². The second-order valence-electron chi connectivity index (χ2n) is 9.24. The van der Waals surface area contributed by atoms with Crippen LogP contribution in [0.2, 0.25) is 10.0 Å². The molecule has 3 aromatic rings. The highest BCUT2D eigenvalue weighted by atomic mass is 35.5. The monoisotopic (exact) mass is 588 g/mol. The molecule has 0 spiro atoms. The number of aromatic nitrogens is 3. The molecule has 1 aromatic heterocycles. The first-order valence-electron chi connectivity index (χ1n) is 12.3. The Kier molecular flexibility index (Phi) is 9.41. The van der Waals surface area contributed by atoms with Crippen molar-refractivity contribution in [3.8, 4) is 11.4 Å². The second kappa shape index (κ2) is 12.4. The minimum atomic E-state index is -4.69. The predicted octanol–water partition coefficient (Wildman–Crippen LogP) is 7.21. The zero-order valence-electron chi connectivity index (χ0n) is 21.1. The lowest BCUT2D eigenvalue weighted by molar-refractivity contribution is -0.137. The molecule has 0 aliphatic carbocycles. The molecule has 0 amide bonds. The van der Waals surface area contributed by atoms with E-state index in [9.17, 15) is 13.2 Å². The van der Waals surface area contributed by atoms with Gasteiger partial charge in [0.15, 0.2) is 4.77 Å². The number of rotatable bonds is 9. The van der Waals surface area contributed by atoms with Gasteiger partial charge in [0.05, 0.1) is 41.6 Å².